The van der Waals surface area contributed by atoms with E-state index in [9.17, 15) is 8.78 Å². The van der Waals surface area contributed by atoms with Crippen LogP contribution in [0.15, 0.2) is 48.5 Å². The molecule has 0 fully saturated rings. The van der Waals surface area contributed by atoms with Gasteiger partial charge in [0, 0.05) is 16.0 Å². The van der Waals surface area contributed by atoms with Gasteiger partial charge in [0.25, 0.3) is 0 Å². The van der Waals surface area contributed by atoms with E-state index in [1.54, 1.807) is 12.1 Å². The Kier molecular flexibility index (Phi) is 14.5. The molecule has 2 nitrogen and oxygen atoms in total. The fraction of sp³-hybridized carbons (Fsp3) is 0.250. The third kappa shape index (κ3) is 13.5. The molecule has 0 spiro atoms. The van der Waals surface area contributed by atoms with Crippen molar-refractivity contribution in [3.8, 4) is 11.5 Å². The van der Waals surface area contributed by atoms with Crippen LogP contribution >= 0.6 is 47.8 Å². The highest BCUT2D eigenvalue weighted by atomic mass is 79.9. The summed E-state index contributed by atoms with van der Waals surface area (Å²) in [5.41, 5.74) is 0. The number of ether oxygens (including phenoxy) is 1. The van der Waals surface area contributed by atoms with Crippen LogP contribution in [-0.2, 0) is 0 Å². The van der Waals surface area contributed by atoms with E-state index in [1.807, 2.05) is 0 Å². The predicted octanol–water partition coefficient (Wildman–Crippen LogP) is 5.91. The van der Waals surface area contributed by atoms with Gasteiger partial charge in [-0.2, -0.15) is 0 Å². The smallest absolute Gasteiger partial charge is 0.123 e. The normalized spacial score (nSPS) is 9.09. The fourth-order valence-corrected chi connectivity index (χ4v) is 1.29. The van der Waals surface area contributed by atoms with Crippen molar-refractivity contribution in [3.05, 3.63) is 60.2 Å². The van der Waals surface area contributed by atoms with Gasteiger partial charge in [-0.05, 0) is 48.5 Å². The molecule has 0 aromatic heterocycles. The van der Waals surface area contributed by atoms with E-state index in [0.29, 0.717) is 12.4 Å². The van der Waals surface area contributed by atoms with Crippen molar-refractivity contribution in [2.45, 2.75) is 0 Å². The molecule has 0 radical (unpaired) electrons. The Balaban J connectivity index is 0.000000354. The largest absolute Gasteiger partial charge is 0.508 e. The minimum atomic E-state index is -0.331. The lowest BCUT2D eigenvalue weighted by molar-refractivity contribution is 0.344. The molecule has 2 rings (SSSR count). The van der Waals surface area contributed by atoms with Gasteiger partial charge in [0.15, 0.2) is 0 Å². The summed E-state index contributed by atoms with van der Waals surface area (Å²) in [4.78, 5) is 0. The van der Waals surface area contributed by atoms with E-state index in [-0.39, 0.29) is 17.4 Å². The second-order valence-electron chi connectivity index (χ2n) is 3.85. The molecular weight excluding hydrogens is 502 g/mol. The Labute approximate surface area is 160 Å². The van der Waals surface area contributed by atoms with Crippen LogP contribution in [0.2, 0.25) is 0 Å². The average Bonchev–Trinajstić information content (AvgIpc) is 2.58. The molecule has 0 saturated heterocycles. The minimum Gasteiger partial charge on any atom is -0.508 e. The maximum Gasteiger partial charge on any atom is 0.123 e. The van der Waals surface area contributed by atoms with E-state index < -0.39 is 0 Å². The highest BCUT2D eigenvalue weighted by Crippen LogP contribution is 2.10. The minimum absolute atomic E-state index is 0.0893. The summed E-state index contributed by atoms with van der Waals surface area (Å²) < 4.78 is 29.5. The van der Waals surface area contributed by atoms with Gasteiger partial charge < -0.3 is 9.84 Å². The molecule has 0 aliphatic rings. The van der Waals surface area contributed by atoms with Crippen LogP contribution in [0.1, 0.15) is 0 Å². The Bertz CT molecular complexity index is 485. The summed E-state index contributed by atoms with van der Waals surface area (Å²) in [7, 11) is 0. The molecule has 0 bridgehead atoms. The number of rotatable bonds is 4. The molecule has 0 amide bonds. The van der Waals surface area contributed by atoms with Crippen molar-refractivity contribution in [1.82, 2.24) is 0 Å². The monoisotopic (exact) mass is 516 g/mol. The lowest BCUT2D eigenvalue weighted by Crippen LogP contribution is -1.97. The van der Waals surface area contributed by atoms with Gasteiger partial charge in [-0.3, -0.25) is 0 Å². The van der Waals surface area contributed by atoms with E-state index in [2.05, 4.69) is 47.8 Å². The summed E-state index contributed by atoms with van der Waals surface area (Å²) in [5, 5.41) is 11.5. The Morgan fingerprint density at radius 1 is 0.739 bits per heavy atom. The molecule has 0 saturated carbocycles. The number of phenols is 1. The number of hydrogen-bond acceptors (Lipinski definition) is 2. The van der Waals surface area contributed by atoms with Crippen molar-refractivity contribution in [2.75, 3.05) is 22.6 Å². The second kappa shape index (κ2) is 14.9. The van der Waals surface area contributed by atoms with Crippen molar-refractivity contribution < 1.29 is 18.6 Å². The summed E-state index contributed by atoms with van der Waals surface area (Å²) in [5.74, 6) is 0.219. The summed E-state index contributed by atoms with van der Waals surface area (Å²) >= 11 is 9.63. The topological polar surface area (TPSA) is 29.5 Å². The fourth-order valence-electron chi connectivity index (χ4n) is 1.13. The number of aromatic hydroxyl groups is 1. The first-order chi connectivity index (χ1) is 11.0. The van der Waals surface area contributed by atoms with Gasteiger partial charge in [0.2, 0.25) is 0 Å². The Hall–Kier alpha value is -0.660. The van der Waals surface area contributed by atoms with Crippen LogP contribution in [-0.4, -0.2) is 27.7 Å². The zero-order chi connectivity index (χ0) is 17.5. The second-order valence-corrected chi connectivity index (χ2v) is 6.22. The third-order valence-corrected chi connectivity index (χ3v) is 4.24. The maximum absolute atomic E-state index is 12.3. The standard InChI is InChI=1S/C8H8BrFO.C6H5FO.C2H4Br2/c9-5-6-11-8-3-1-7(10)2-4-8;7-5-1-3-6(8)4-2-5;3-1-2-4/h1-4H,5-6H2;1-4,8H;1-2H2. The number of hydrogen-bond donors (Lipinski definition) is 1. The molecule has 23 heavy (non-hydrogen) atoms. The molecule has 0 aliphatic carbocycles. The molecule has 0 aliphatic heterocycles. The lowest BCUT2D eigenvalue weighted by Gasteiger charge is -2.01. The molecule has 1 N–H and O–H groups in total. The van der Waals surface area contributed by atoms with Crippen molar-refractivity contribution in [3.63, 3.8) is 0 Å². The average molecular weight is 519 g/mol. The molecule has 128 valence electrons. The zero-order valence-electron chi connectivity index (χ0n) is 12.2. The number of alkyl halides is 3. The highest BCUT2D eigenvalue weighted by molar-refractivity contribution is 9.12. The highest BCUT2D eigenvalue weighted by Gasteiger charge is 1.92. The van der Waals surface area contributed by atoms with Gasteiger partial charge in [-0.15, -0.1) is 0 Å². The van der Waals surface area contributed by atoms with Crippen LogP contribution < -0.4 is 4.74 Å². The summed E-state index contributed by atoms with van der Waals surface area (Å²) in [6.45, 7) is 0.603. The summed E-state index contributed by atoms with van der Waals surface area (Å²) in [6.07, 6.45) is 0. The lowest BCUT2D eigenvalue weighted by atomic mass is 10.3. The first-order valence-electron chi connectivity index (χ1n) is 6.54. The molecule has 7 heteroatoms. The van der Waals surface area contributed by atoms with Crippen LogP contribution in [0.25, 0.3) is 0 Å². The van der Waals surface area contributed by atoms with E-state index >= 15 is 0 Å². The van der Waals surface area contributed by atoms with Crippen molar-refractivity contribution >= 4 is 47.8 Å². The van der Waals surface area contributed by atoms with E-state index in [0.717, 1.165) is 16.0 Å². The predicted molar refractivity (Wildman–Crippen MR) is 101 cm³/mol. The third-order valence-electron chi connectivity index (χ3n) is 2.06. The number of phenolic OH excluding ortho intramolecular Hbond substituents is 1. The molecule has 0 heterocycles. The van der Waals surface area contributed by atoms with Crippen LogP contribution in [0.4, 0.5) is 8.78 Å². The quantitative estimate of drug-likeness (QED) is 0.510. The maximum atomic E-state index is 12.3. The van der Waals surface area contributed by atoms with Gasteiger partial charge >= 0.3 is 0 Å². The molecule has 0 atom stereocenters. The van der Waals surface area contributed by atoms with Crippen molar-refractivity contribution in [2.24, 2.45) is 0 Å². The van der Waals surface area contributed by atoms with Gasteiger partial charge in [-0.25, -0.2) is 8.78 Å². The Morgan fingerprint density at radius 2 is 1.17 bits per heavy atom. The van der Waals surface area contributed by atoms with Gasteiger partial charge in [0.05, 0.1) is 6.61 Å². The van der Waals surface area contributed by atoms with Gasteiger partial charge in [-0.1, -0.05) is 47.8 Å². The van der Waals surface area contributed by atoms with Crippen LogP contribution in [0.5, 0.6) is 11.5 Å². The van der Waals surface area contributed by atoms with E-state index in [1.165, 1.54) is 36.4 Å². The molecule has 0 unspecified atom stereocenters. The first-order valence-corrected chi connectivity index (χ1v) is 9.90. The molecular formula is C16H17Br3F2O2. The Morgan fingerprint density at radius 3 is 1.52 bits per heavy atom. The SMILES string of the molecule is BrCCBr.Fc1ccc(OCCBr)cc1.Oc1ccc(F)cc1. The van der Waals surface area contributed by atoms with E-state index in [4.69, 9.17) is 9.84 Å². The zero-order valence-corrected chi connectivity index (χ0v) is 17.0. The van der Waals surface area contributed by atoms with Crippen LogP contribution in [0, 0.1) is 11.6 Å². The molecule has 2 aromatic rings. The summed E-state index contributed by atoms with van der Waals surface area (Å²) in [6, 6.07) is 11.0. The van der Waals surface area contributed by atoms with Gasteiger partial charge in [0.1, 0.15) is 23.1 Å². The number of benzene rings is 2. The van der Waals surface area contributed by atoms with Crippen LogP contribution in [0.3, 0.4) is 0 Å². The van der Waals surface area contributed by atoms with Crippen molar-refractivity contribution in [1.29, 1.82) is 0 Å². The molecule has 2 aromatic carbocycles. The first kappa shape index (κ1) is 22.3. The number of halogens is 5.